The van der Waals surface area contributed by atoms with Gasteiger partial charge < -0.3 is 62.0 Å². The predicted molar refractivity (Wildman–Crippen MR) is 80.3 cm³/mol. The molecule has 0 unspecified atom stereocenters. The van der Waals surface area contributed by atoms with E-state index in [2.05, 4.69) is 10.3 Å². The standard InChI is InChI=1S/C13H20N4O10/c14-2(8(21)22)3(18)12(24)5-1-7(20)16-10(15)17-11(1)4(19)6(12)27-13(25,26-5)9(11)23/h1-7,9,18-20,23-25H,14H2,(H,21,22)(H3,15,16,17)/t1-,2+,3-,4-,5-,6+,7-,9+,11-,12+,13+/m1/s1. The minimum atomic E-state index is -2.74. The van der Waals surface area contributed by atoms with Crippen LogP contribution in [0, 0.1) is 5.92 Å². The fourth-order valence-electron chi connectivity index (χ4n) is 4.76. The van der Waals surface area contributed by atoms with Gasteiger partial charge in [0.1, 0.15) is 41.6 Å². The van der Waals surface area contributed by atoms with Gasteiger partial charge in [0.25, 0.3) is 0 Å². The van der Waals surface area contributed by atoms with Gasteiger partial charge in [0, 0.05) is 0 Å². The number of nitrogens with one attached hydrogen (secondary N) is 1. The van der Waals surface area contributed by atoms with Crippen LogP contribution in [0.15, 0.2) is 4.99 Å². The van der Waals surface area contributed by atoms with Crippen LogP contribution >= 0.6 is 0 Å². The van der Waals surface area contributed by atoms with E-state index in [0.717, 1.165) is 0 Å². The lowest BCUT2D eigenvalue weighted by molar-refractivity contribution is -0.552. The van der Waals surface area contributed by atoms with E-state index in [1.165, 1.54) is 0 Å². The van der Waals surface area contributed by atoms with Gasteiger partial charge in [0.05, 0.1) is 5.92 Å². The minimum absolute atomic E-state index is 0.367. The number of carbonyl (C=O) groups is 1. The molecule has 0 aromatic carbocycles. The molecular weight excluding hydrogens is 372 g/mol. The third-order valence-electron chi connectivity index (χ3n) is 5.99. The van der Waals surface area contributed by atoms with Crippen LogP contribution in [0.2, 0.25) is 0 Å². The molecule has 0 radical (unpaired) electrons. The highest BCUT2D eigenvalue weighted by atomic mass is 16.9. The Labute approximate surface area is 150 Å². The summed E-state index contributed by atoms with van der Waals surface area (Å²) in [5.41, 5.74) is 6.36. The lowest BCUT2D eigenvalue weighted by atomic mass is 9.53. The van der Waals surface area contributed by atoms with Crippen LogP contribution in [0.5, 0.6) is 0 Å². The van der Waals surface area contributed by atoms with Crippen LogP contribution in [0.3, 0.4) is 0 Å². The normalized spacial score (nSPS) is 55.3. The molecule has 1 spiro atoms. The average Bonchev–Trinajstić information content (AvgIpc) is 2.58. The topological polar surface area (TPSA) is 254 Å². The van der Waals surface area contributed by atoms with E-state index in [0.29, 0.717) is 0 Å². The van der Waals surface area contributed by atoms with E-state index in [-0.39, 0.29) is 5.96 Å². The van der Waals surface area contributed by atoms with Crippen LogP contribution in [-0.4, -0.2) is 108 Å². The van der Waals surface area contributed by atoms with Crippen molar-refractivity contribution in [2.24, 2.45) is 22.4 Å². The molecule has 14 nitrogen and oxygen atoms in total. The summed E-state index contributed by atoms with van der Waals surface area (Å²) in [6.07, 6.45) is -11.5. The lowest BCUT2D eigenvalue weighted by Crippen LogP contribution is -2.96. The highest BCUT2D eigenvalue weighted by Crippen LogP contribution is 2.59. The maximum atomic E-state index is 11.2. The number of aliphatic imine (C=N–C) groups is 1. The first-order chi connectivity index (χ1) is 12.4. The van der Waals surface area contributed by atoms with Crippen molar-refractivity contribution >= 4 is 11.9 Å². The predicted octanol–water partition coefficient (Wildman–Crippen LogP) is -6.74. The number of hydrogen-bond acceptors (Lipinski definition) is 13. The lowest BCUT2D eigenvalue weighted by Gasteiger charge is -2.72. The van der Waals surface area contributed by atoms with E-state index in [1.807, 2.05) is 0 Å². The van der Waals surface area contributed by atoms with Crippen LogP contribution < -0.4 is 16.8 Å². The van der Waals surface area contributed by atoms with Gasteiger partial charge in [-0.1, -0.05) is 0 Å². The summed E-state index contributed by atoms with van der Waals surface area (Å²) in [4.78, 5) is 14.8. The van der Waals surface area contributed by atoms with Crippen LogP contribution in [0.1, 0.15) is 0 Å². The third kappa shape index (κ3) is 1.94. The van der Waals surface area contributed by atoms with Gasteiger partial charge in [-0.25, -0.2) is 4.99 Å². The summed E-state index contributed by atoms with van der Waals surface area (Å²) in [6, 6.07) is -2.02. The number of aliphatic hydroxyl groups excluding tert-OH is 4. The van der Waals surface area contributed by atoms with Crippen molar-refractivity contribution in [3.05, 3.63) is 0 Å². The summed E-state index contributed by atoms with van der Waals surface area (Å²) >= 11 is 0. The first-order valence-electron chi connectivity index (χ1n) is 8.03. The average molecular weight is 392 g/mol. The molecule has 0 aromatic rings. The van der Waals surface area contributed by atoms with Gasteiger partial charge >= 0.3 is 11.9 Å². The molecule has 0 aromatic heterocycles. The third-order valence-corrected chi connectivity index (χ3v) is 5.99. The van der Waals surface area contributed by atoms with Gasteiger partial charge in [-0.2, -0.15) is 0 Å². The molecule has 27 heavy (non-hydrogen) atoms. The Morgan fingerprint density at radius 2 is 1.81 bits per heavy atom. The zero-order valence-electron chi connectivity index (χ0n) is 13.6. The maximum Gasteiger partial charge on any atom is 0.323 e. The summed E-state index contributed by atoms with van der Waals surface area (Å²) in [5, 5.41) is 75.5. The number of ether oxygens (including phenoxy) is 2. The Balaban J connectivity index is 1.89. The molecule has 5 rings (SSSR count). The van der Waals surface area contributed by atoms with Crippen molar-refractivity contribution in [3.63, 3.8) is 0 Å². The quantitative estimate of drug-likeness (QED) is 0.214. The Morgan fingerprint density at radius 1 is 1.22 bits per heavy atom. The Kier molecular flexibility index (Phi) is 3.64. The fourth-order valence-corrected chi connectivity index (χ4v) is 4.76. The Hall–Kier alpha value is -1.62. The van der Waals surface area contributed by atoms with E-state index < -0.39 is 71.8 Å². The Morgan fingerprint density at radius 3 is 2.41 bits per heavy atom. The van der Waals surface area contributed by atoms with Gasteiger partial charge in [-0.15, -0.1) is 0 Å². The number of guanidine groups is 1. The summed E-state index contributed by atoms with van der Waals surface area (Å²) in [5.74, 6) is -6.24. The second-order valence-electron chi connectivity index (χ2n) is 7.26. The highest BCUT2D eigenvalue weighted by Gasteiger charge is 2.84. The highest BCUT2D eigenvalue weighted by molar-refractivity contribution is 5.80. The molecule has 1 aliphatic carbocycles. The monoisotopic (exact) mass is 392 g/mol. The molecule has 4 bridgehead atoms. The van der Waals surface area contributed by atoms with E-state index in [9.17, 15) is 35.4 Å². The SMILES string of the molecule is NC1=N[C@H](O)[C@H]2[C@H]3O[C@]4(O)O[C@@H]([C@@H](O)[C@@]2(N1)[C@@H]4O)[C@]3(O)[C@H](O)[C@H](N)C(=O)O. The first kappa shape index (κ1) is 18.7. The maximum absolute atomic E-state index is 11.2. The van der Waals surface area contributed by atoms with E-state index >= 15 is 0 Å². The van der Waals surface area contributed by atoms with Gasteiger partial charge in [-0.05, 0) is 0 Å². The smallest absolute Gasteiger partial charge is 0.323 e. The van der Waals surface area contributed by atoms with Crippen molar-refractivity contribution in [2.75, 3.05) is 0 Å². The molecule has 0 amide bonds. The number of carboxylic acids is 1. The molecule has 3 saturated heterocycles. The largest absolute Gasteiger partial charge is 0.480 e. The zero-order chi connectivity index (χ0) is 20.1. The number of hydrogen-bond donors (Lipinski definition) is 10. The molecule has 152 valence electrons. The van der Waals surface area contributed by atoms with Gasteiger partial charge in [0.15, 0.2) is 18.3 Å². The van der Waals surface area contributed by atoms with Crippen LogP contribution in [-0.2, 0) is 14.3 Å². The number of aliphatic hydroxyl groups is 6. The summed E-state index contributed by atoms with van der Waals surface area (Å²) in [7, 11) is 0. The van der Waals surface area contributed by atoms with E-state index in [4.69, 9.17) is 26.0 Å². The number of nitrogens with two attached hydrogens (primary N) is 2. The van der Waals surface area contributed by atoms with Crippen molar-refractivity contribution in [2.45, 2.75) is 59.9 Å². The van der Waals surface area contributed by atoms with Crippen molar-refractivity contribution in [1.82, 2.24) is 5.32 Å². The zero-order valence-corrected chi connectivity index (χ0v) is 13.6. The minimum Gasteiger partial charge on any atom is -0.480 e. The van der Waals surface area contributed by atoms with E-state index in [1.54, 1.807) is 0 Å². The Bertz CT molecular complexity index is 723. The molecule has 4 fully saturated rings. The van der Waals surface area contributed by atoms with Gasteiger partial charge in [-0.3, -0.25) is 4.79 Å². The number of nitrogens with zero attached hydrogens (tertiary/aromatic N) is 1. The van der Waals surface area contributed by atoms with Gasteiger partial charge in [0.2, 0.25) is 0 Å². The first-order valence-corrected chi connectivity index (χ1v) is 8.03. The fraction of sp³-hybridized carbons (Fsp3) is 0.846. The molecule has 11 atom stereocenters. The molecule has 12 N–H and O–H groups in total. The number of rotatable bonds is 3. The van der Waals surface area contributed by atoms with Crippen molar-refractivity contribution in [1.29, 1.82) is 0 Å². The van der Waals surface area contributed by atoms with Crippen molar-refractivity contribution < 1.29 is 50.0 Å². The van der Waals surface area contributed by atoms with Crippen LogP contribution in [0.25, 0.3) is 0 Å². The number of aliphatic carboxylic acids is 1. The molecule has 1 saturated carbocycles. The summed E-state index contributed by atoms with van der Waals surface area (Å²) < 4.78 is 10.3. The molecule has 5 aliphatic rings. The number of carboxylic acid groups (broad SMARTS) is 1. The molecule has 4 heterocycles. The molecule has 4 aliphatic heterocycles. The molecular formula is C13H20N4O10. The second-order valence-corrected chi connectivity index (χ2v) is 7.26. The van der Waals surface area contributed by atoms with Crippen LogP contribution in [0.4, 0.5) is 0 Å². The second kappa shape index (κ2) is 5.25. The van der Waals surface area contributed by atoms with Crippen molar-refractivity contribution in [3.8, 4) is 0 Å². The summed E-state index contributed by atoms with van der Waals surface area (Å²) in [6.45, 7) is 0. The molecule has 14 heteroatoms.